The van der Waals surface area contributed by atoms with Crippen molar-refractivity contribution in [3.63, 3.8) is 0 Å². The van der Waals surface area contributed by atoms with E-state index in [0.717, 1.165) is 0 Å². The van der Waals surface area contributed by atoms with Crippen LogP contribution in [0.3, 0.4) is 0 Å². The van der Waals surface area contributed by atoms with Crippen molar-refractivity contribution in [2.24, 2.45) is 0 Å². The third-order valence-electron chi connectivity index (χ3n) is 2.11. The van der Waals surface area contributed by atoms with E-state index in [0.29, 0.717) is 5.75 Å². The van der Waals surface area contributed by atoms with Crippen LogP contribution in [0.4, 0.5) is 0 Å². The Labute approximate surface area is 114 Å². The maximum absolute atomic E-state index is 11.5. The summed E-state index contributed by atoms with van der Waals surface area (Å²) < 4.78 is 14.6. The third kappa shape index (κ3) is 4.03. The maximum Gasteiger partial charge on any atom is 0.359 e. The SMILES string of the molecule is CCOC(=O)C(Oc1cc(OC)ccc1Cl)C(=O)O. The number of rotatable bonds is 6. The van der Waals surface area contributed by atoms with Crippen molar-refractivity contribution in [1.29, 1.82) is 0 Å². The van der Waals surface area contributed by atoms with E-state index in [1.54, 1.807) is 13.0 Å². The third-order valence-corrected chi connectivity index (χ3v) is 2.42. The van der Waals surface area contributed by atoms with Crippen LogP contribution in [0.15, 0.2) is 18.2 Å². The number of esters is 1. The zero-order valence-electron chi connectivity index (χ0n) is 10.4. The van der Waals surface area contributed by atoms with Crippen molar-refractivity contribution in [2.45, 2.75) is 13.0 Å². The molecule has 1 N–H and O–H groups in total. The van der Waals surface area contributed by atoms with Crippen molar-refractivity contribution in [1.82, 2.24) is 0 Å². The molecule has 7 heteroatoms. The first kappa shape index (κ1) is 15.1. The van der Waals surface area contributed by atoms with Crippen LogP contribution in [0.1, 0.15) is 6.92 Å². The van der Waals surface area contributed by atoms with Gasteiger partial charge in [0.2, 0.25) is 0 Å². The van der Waals surface area contributed by atoms with Gasteiger partial charge in [-0.25, -0.2) is 9.59 Å². The van der Waals surface area contributed by atoms with E-state index in [4.69, 9.17) is 26.2 Å². The predicted octanol–water partition coefficient (Wildman–Crippen LogP) is 1.74. The molecule has 1 atom stereocenters. The first-order valence-electron chi connectivity index (χ1n) is 5.39. The van der Waals surface area contributed by atoms with Crippen LogP contribution in [0.25, 0.3) is 0 Å². The number of methoxy groups -OCH3 is 1. The van der Waals surface area contributed by atoms with Crippen LogP contribution < -0.4 is 9.47 Å². The number of aliphatic carboxylic acids is 1. The summed E-state index contributed by atoms with van der Waals surface area (Å²) in [5.41, 5.74) is 0. The molecule has 1 aromatic carbocycles. The molecule has 104 valence electrons. The molecule has 0 spiro atoms. The number of hydrogen-bond acceptors (Lipinski definition) is 5. The topological polar surface area (TPSA) is 82.1 Å². The fraction of sp³-hybridized carbons (Fsp3) is 0.333. The number of carboxylic acids is 1. The van der Waals surface area contributed by atoms with E-state index in [1.807, 2.05) is 0 Å². The van der Waals surface area contributed by atoms with E-state index >= 15 is 0 Å². The molecule has 0 bridgehead atoms. The van der Waals surface area contributed by atoms with Crippen LogP contribution in [0.5, 0.6) is 11.5 Å². The van der Waals surface area contributed by atoms with Gasteiger partial charge in [0.05, 0.1) is 18.7 Å². The molecule has 1 rings (SSSR count). The summed E-state index contributed by atoms with van der Waals surface area (Å²) in [4.78, 5) is 22.4. The molecule has 6 nitrogen and oxygen atoms in total. The average Bonchev–Trinajstić information content (AvgIpc) is 2.37. The van der Waals surface area contributed by atoms with E-state index < -0.39 is 18.0 Å². The molecule has 0 aromatic heterocycles. The summed E-state index contributed by atoms with van der Waals surface area (Å²) in [6, 6.07) is 4.44. The van der Waals surface area contributed by atoms with Gasteiger partial charge in [0.15, 0.2) is 0 Å². The zero-order chi connectivity index (χ0) is 14.4. The first-order valence-corrected chi connectivity index (χ1v) is 5.77. The van der Waals surface area contributed by atoms with Gasteiger partial charge in [-0.3, -0.25) is 0 Å². The molecule has 0 aliphatic heterocycles. The van der Waals surface area contributed by atoms with Crippen LogP contribution in [-0.4, -0.2) is 36.9 Å². The number of hydrogen-bond donors (Lipinski definition) is 1. The number of halogens is 1. The molecule has 0 aliphatic carbocycles. The minimum atomic E-state index is -1.77. The minimum absolute atomic E-state index is 0.0291. The lowest BCUT2D eigenvalue weighted by atomic mass is 10.3. The van der Waals surface area contributed by atoms with Gasteiger partial charge in [0.1, 0.15) is 11.5 Å². The minimum Gasteiger partial charge on any atom is -0.497 e. The lowest BCUT2D eigenvalue weighted by Crippen LogP contribution is -2.37. The van der Waals surface area contributed by atoms with Crippen LogP contribution in [0, 0.1) is 0 Å². The molecule has 0 saturated heterocycles. The number of carbonyl (C=O) groups excluding carboxylic acids is 1. The highest BCUT2D eigenvalue weighted by Crippen LogP contribution is 2.29. The Kier molecular flexibility index (Phi) is 5.44. The molecule has 0 radical (unpaired) electrons. The predicted molar refractivity (Wildman–Crippen MR) is 66.7 cm³/mol. The quantitative estimate of drug-likeness (QED) is 0.634. The van der Waals surface area contributed by atoms with Crippen molar-refractivity contribution in [3.8, 4) is 11.5 Å². The molecule has 1 aromatic rings. The smallest absolute Gasteiger partial charge is 0.359 e. The normalized spacial score (nSPS) is 11.5. The van der Waals surface area contributed by atoms with Crippen LogP contribution >= 0.6 is 11.6 Å². The molecule has 0 amide bonds. The fourth-order valence-corrected chi connectivity index (χ4v) is 1.41. The Bertz CT molecular complexity index is 473. The number of ether oxygens (including phenoxy) is 3. The second-order valence-corrected chi connectivity index (χ2v) is 3.79. The Balaban J connectivity index is 2.96. The molecule has 0 fully saturated rings. The molecule has 0 heterocycles. The average molecular weight is 289 g/mol. The molecule has 0 aliphatic rings. The Morgan fingerprint density at radius 1 is 1.42 bits per heavy atom. The van der Waals surface area contributed by atoms with E-state index in [9.17, 15) is 9.59 Å². The summed E-state index contributed by atoms with van der Waals surface area (Å²) in [6.07, 6.45) is -1.77. The van der Waals surface area contributed by atoms with E-state index in [2.05, 4.69) is 4.74 Å². The van der Waals surface area contributed by atoms with Crippen LogP contribution in [-0.2, 0) is 14.3 Å². The molecular formula is C12H13ClO6. The first-order chi connectivity index (χ1) is 8.99. The Hall–Kier alpha value is -1.95. The molecular weight excluding hydrogens is 276 g/mol. The van der Waals surface area contributed by atoms with Crippen molar-refractivity contribution in [3.05, 3.63) is 23.2 Å². The van der Waals surface area contributed by atoms with Gasteiger partial charge < -0.3 is 19.3 Å². The van der Waals surface area contributed by atoms with Gasteiger partial charge in [-0.05, 0) is 19.1 Å². The second-order valence-electron chi connectivity index (χ2n) is 3.38. The van der Waals surface area contributed by atoms with Gasteiger partial charge in [0, 0.05) is 6.07 Å². The molecule has 1 unspecified atom stereocenters. The fourth-order valence-electron chi connectivity index (χ4n) is 1.25. The van der Waals surface area contributed by atoms with Gasteiger partial charge in [-0.2, -0.15) is 0 Å². The summed E-state index contributed by atoms with van der Waals surface area (Å²) in [7, 11) is 1.44. The Morgan fingerprint density at radius 2 is 2.11 bits per heavy atom. The highest BCUT2D eigenvalue weighted by molar-refractivity contribution is 6.32. The largest absolute Gasteiger partial charge is 0.497 e. The second kappa shape index (κ2) is 6.84. The van der Waals surface area contributed by atoms with Gasteiger partial charge in [-0.15, -0.1) is 0 Å². The van der Waals surface area contributed by atoms with Crippen LogP contribution in [0.2, 0.25) is 5.02 Å². The highest BCUT2D eigenvalue weighted by atomic mass is 35.5. The molecule has 19 heavy (non-hydrogen) atoms. The summed E-state index contributed by atoms with van der Waals surface area (Å²) >= 11 is 5.86. The summed E-state index contributed by atoms with van der Waals surface area (Å²) in [6.45, 7) is 1.62. The lowest BCUT2D eigenvalue weighted by Gasteiger charge is -2.15. The maximum atomic E-state index is 11.5. The van der Waals surface area contributed by atoms with Crippen molar-refractivity contribution >= 4 is 23.5 Å². The Morgan fingerprint density at radius 3 is 2.63 bits per heavy atom. The van der Waals surface area contributed by atoms with Crippen molar-refractivity contribution in [2.75, 3.05) is 13.7 Å². The monoisotopic (exact) mass is 288 g/mol. The standard InChI is InChI=1S/C12H13ClO6/c1-3-18-12(16)10(11(14)15)19-9-6-7(17-2)4-5-8(9)13/h4-6,10H,3H2,1-2H3,(H,14,15). The lowest BCUT2D eigenvalue weighted by molar-refractivity contribution is -0.162. The van der Waals surface area contributed by atoms with Crippen molar-refractivity contribution < 1.29 is 28.9 Å². The highest BCUT2D eigenvalue weighted by Gasteiger charge is 2.30. The summed E-state index contributed by atoms with van der Waals surface area (Å²) in [5, 5.41) is 9.11. The number of carbonyl (C=O) groups is 2. The molecule has 0 saturated carbocycles. The van der Waals surface area contributed by atoms with Gasteiger partial charge in [-0.1, -0.05) is 11.6 Å². The van der Waals surface area contributed by atoms with E-state index in [-0.39, 0.29) is 17.4 Å². The van der Waals surface area contributed by atoms with Gasteiger partial charge >= 0.3 is 11.9 Å². The van der Waals surface area contributed by atoms with Gasteiger partial charge in [0.25, 0.3) is 6.10 Å². The number of benzene rings is 1. The zero-order valence-corrected chi connectivity index (χ0v) is 11.1. The van der Waals surface area contributed by atoms with E-state index in [1.165, 1.54) is 19.2 Å². The summed E-state index contributed by atoms with van der Waals surface area (Å²) in [5.74, 6) is -2.00. The number of carboxylic acid groups (broad SMARTS) is 1.